The summed E-state index contributed by atoms with van der Waals surface area (Å²) in [6, 6.07) is 0.407. The molecule has 98 valence electrons. The summed E-state index contributed by atoms with van der Waals surface area (Å²) in [6.45, 7) is 4.72. The molecular formula is C13H24N2O2. The predicted octanol–water partition coefficient (Wildman–Crippen LogP) is 0.618. The molecule has 0 bridgehead atoms. The van der Waals surface area contributed by atoms with Crippen molar-refractivity contribution in [2.45, 2.75) is 25.3 Å². The van der Waals surface area contributed by atoms with Crippen LogP contribution < -0.4 is 0 Å². The summed E-state index contributed by atoms with van der Waals surface area (Å²) in [7, 11) is 4.27. The van der Waals surface area contributed by atoms with Gasteiger partial charge in [-0.15, -0.1) is 0 Å². The molecular weight excluding hydrogens is 216 g/mol. The van der Waals surface area contributed by atoms with Crippen molar-refractivity contribution in [1.82, 2.24) is 9.80 Å². The van der Waals surface area contributed by atoms with Gasteiger partial charge in [0.2, 0.25) is 0 Å². The number of ether oxygens (including phenoxy) is 1. The Morgan fingerprint density at radius 1 is 1.24 bits per heavy atom. The summed E-state index contributed by atoms with van der Waals surface area (Å²) in [4.78, 5) is 16.9. The van der Waals surface area contributed by atoms with Gasteiger partial charge in [0.15, 0.2) is 0 Å². The molecule has 2 fully saturated rings. The molecule has 2 rings (SSSR count). The molecule has 1 atom stereocenters. The minimum atomic E-state index is 0.254. The lowest BCUT2D eigenvalue weighted by Gasteiger charge is -2.38. The first-order valence-corrected chi connectivity index (χ1v) is 6.66. The van der Waals surface area contributed by atoms with Crippen LogP contribution in [0.4, 0.5) is 0 Å². The number of piperazine rings is 1. The second-order valence-corrected chi connectivity index (χ2v) is 5.45. The number of likely N-dealkylation sites (N-methyl/N-ethyl adjacent to an activating group) is 2. The highest BCUT2D eigenvalue weighted by atomic mass is 16.5. The quantitative estimate of drug-likeness (QED) is 0.724. The van der Waals surface area contributed by atoms with E-state index in [1.54, 1.807) is 0 Å². The van der Waals surface area contributed by atoms with Crippen LogP contribution in [0.15, 0.2) is 0 Å². The number of carbonyl (C=O) groups is 1. The maximum Gasteiger partial charge on any atom is 0.137 e. The van der Waals surface area contributed by atoms with E-state index in [1.807, 2.05) is 0 Å². The molecule has 2 saturated heterocycles. The van der Waals surface area contributed by atoms with Crippen molar-refractivity contribution in [3.8, 4) is 0 Å². The Bertz CT molecular complexity index is 264. The van der Waals surface area contributed by atoms with E-state index in [-0.39, 0.29) is 5.92 Å². The summed E-state index contributed by atoms with van der Waals surface area (Å²) < 4.78 is 5.31. The van der Waals surface area contributed by atoms with E-state index in [1.165, 1.54) is 0 Å². The average Bonchev–Trinajstić information content (AvgIpc) is 2.35. The monoisotopic (exact) mass is 240 g/mol. The third-order valence-electron chi connectivity index (χ3n) is 4.09. The van der Waals surface area contributed by atoms with Gasteiger partial charge in [-0.25, -0.2) is 0 Å². The van der Waals surface area contributed by atoms with Crippen molar-refractivity contribution in [1.29, 1.82) is 0 Å². The summed E-state index contributed by atoms with van der Waals surface area (Å²) >= 11 is 0. The van der Waals surface area contributed by atoms with Crippen LogP contribution in [-0.2, 0) is 9.53 Å². The van der Waals surface area contributed by atoms with Crippen LogP contribution in [0.2, 0.25) is 0 Å². The van der Waals surface area contributed by atoms with E-state index in [0.717, 1.165) is 45.7 Å². The van der Waals surface area contributed by atoms with Crippen molar-refractivity contribution < 1.29 is 9.53 Å². The van der Waals surface area contributed by atoms with Crippen LogP contribution in [0.1, 0.15) is 19.3 Å². The highest BCUT2D eigenvalue weighted by molar-refractivity contribution is 5.81. The van der Waals surface area contributed by atoms with Gasteiger partial charge < -0.3 is 14.5 Å². The van der Waals surface area contributed by atoms with Gasteiger partial charge in [0.05, 0.1) is 0 Å². The largest absolute Gasteiger partial charge is 0.381 e. The topological polar surface area (TPSA) is 32.8 Å². The van der Waals surface area contributed by atoms with Gasteiger partial charge in [-0.05, 0) is 26.9 Å². The van der Waals surface area contributed by atoms with Gasteiger partial charge >= 0.3 is 0 Å². The van der Waals surface area contributed by atoms with Gasteiger partial charge in [-0.2, -0.15) is 0 Å². The van der Waals surface area contributed by atoms with Crippen LogP contribution in [-0.4, -0.2) is 68.6 Å². The zero-order valence-electron chi connectivity index (χ0n) is 11.0. The Balaban J connectivity index is 1.83. The van der Waals surface area contributed by atoms with E-state index in [0.29, 0.717) is 18.2 Å². The number of nitrogens with zero attached hydrogens (tertiary/aromatic N) is 2. The molecule has 0 radical (unpaired) electrons. The number of hydrogen-bond donors (Lipinski definition) is 0. The predicted molar refractivity (Wildman–Crippen MR) is 67.1 cm³/mol. The minimum absolute atomic E-state index is 0.254. The lowest BCUT2D eigenvalue weighted by atomic mass is 9.90. The molecule has 0 aromatic heterocycles. The van der Waals surface area contributed by atoms with Crippen LogP contribution in [0.3, 0.4) is 0 Å². The first-order chi connectivity index (χ1) is 8.16. The Hall–Kier alpha value is -0.450. The Morgan fingerprint density at radius 2 is 1.94 bits per heavy atom. The zero-order valence-corrected chi connectivity index (χ0v) is 11.0. The smallest absolute Gasteiger partial charge is 0.137 e. The number of rotatable bonds is 3. The summed E-state index contributed by atoms with van der Waals surface area (Å²) in [5.74, 6) is 0.699. The number of Topliss-reactive ketones (excluding diaryl/α,β-unsaturated/α-hetero) is 1. The fraction of sp³-hybridized carbons (Fsp3) is 0.923. The zero-order chi connectivity index (χ0) is 12.3. The number of hydrogen-bond acceptors (Lipinski definition) is 4. The SMILES string of the molecule is CN1CCN(C)C(CC(=O)C2CCOCC2)C1. The summed E-state index contributed by atoms with van der Waals surface area (Å²) in [5, 5.41) is 0. The molecule has 0 spiro atoms. The molecule has 2 aliphatic heterocycles. The van der Waals surface area contributed by atoms with Crippen molar-refractivity contribution in [3.05, 3.63) is 0 Å². The molecule has 4 heteroatoms. The lowest BCUT2D eigenvalue weighted by Crippen LogP contribution is -2.51. The van der Waals surface area contributed by atoms with Crippen molar-refractivity contribution >= 4 is 5.78 Å². The fourth-order valence-electron chi connectivity index (χ4n) is 2.74. The summed E-state index contributed by atoms with van der Waals surface area (Å²) in [6.07, 6.45) is 2.56. The molecule has 0 amide bonds. The molecule has 0 aromatic rings. The summed E-state index contributed by atoms with van der Waals surface area (Å²) in [5.41, 5.74) is 0. The maximum atomic E-state index is 12.2. The third kappa shape index (κ3) is 3.50. The first-order valence-electron chi connectivity index (χ1n) is 6.66. The second kappa shape index (κ2) is 5.94. The molecule has 0 N–H and O–H groups in total. The van der Waals surface area contributed by atoms with E-state index in [9.17, 15) is 4.79 Å². The van der Waals surface area contributed by atoms with Crippen molar-refractivity contribution in [2.75, 3.05) is 46.9 Å². The average molecular weight is 240 g/mol. The highest BCUT2D eigenvalue weighted by Gasteiger charge is 2.28. The highest BCUT2D eigenvalue weighted by Crippen LogP contribution is 2.20. The molecule has 2 aliphatic rings. The molecule has 0 saturated carbocycles. The second-order valence-electron chi connectivity index (χ2n) is 5.45. The van der Waals surface area contributed by atoms with Crippen molar-refractivity contribution in [3.63, 3.8) is 0 Å². The van der Waals surface area contributed by atoms with Crippen LogP contribution in [0.25, 0.3) is 0 Å². The van der Waals surface area contributed by atoms with Crippen LogP contribution >= 0.6 is 0 Å². The Labute approximate surface area is 104 Å². The maximum absolute atomic E-state index is 12.2. The lowest BCUT2D eigenvalue weighted by molar-refractivity contribution is -0.127. The molecule has 0 aromatic carbocycles. The molecule has 2 heterocycles. The van der Waals surface area contributed by atoms with Gasteiger partial charge in [0.1, 0.15) is 5.78 Å². The van der Waals surface area contributed by atoms with Gasteiger partial charge in [-0.3, -0.25) is 4.79 Å². The van der Waals surface area contributed by atoms with E-state index in [2.05, 4.69) is 23.9 Å². The van der Waals surface area contributed by atoms with Crippen molar-refractivity contribution in [2.24, 2.45) is 5.92 Å². The van der Waals surface area contributed by atoms with E-state index >= 15 is 0 Å². The van der Waals surface area contributed by atoms with Gasteiger partial charge in [0.25, 0.3) is 0 Å². The standard InChI is InChI=1S/C13H24N2O2/c1-14-5-6-15(2)12(10-14)9-13(16)11-3-7-17-8-4-11/h11-12H,3-10H2,1-2H3. The number of ketones is 1. The van der Waals surface area contributed by atoms with E-state index < -0.39 is 0 Å². The first kappa shape index (κ1) is 13.0. The third-order valence-corrected chi connectivity index (χ3v) is 4.09. The molecule has 1 unspecified atom stereocenters. The fourth-order valence-corrected chi connectivity index (χ4v) is 2.74. The van der Waals surface area contributed by atoms with Crippen LogP contribution in [0.5, 0.6) is 0 Å². The minimum Gasteiger partial charge on any atom is -0.381 e. The Morgan fingerprint density at radius 3 is 2.65 bits per heavy atom. The van der Waals surface area contributed by atoms with Gasteiger partial charge in [-0.1, -0.05) is 0 Å². The van der Waals surface area contributed by atoms with Crippen LogP contribution in [0, 0.1) is 5.92 Å². The Kier molecular flexibility index (Phi) is 4.54. The molecule has 0 aliphatic carbocycles. The molecule has 17 heavy (non-hydrogen) atoms. The molecule has 4 nitrogen and oxygen atoms in total. The van der Waals surface area contributed by atoms with E-state index in [4.69, 9.17) is 4.74 Å². The normalized spacial score (nSPS) is 29.4. The number of carbonyl (C=O) groups excluding carboxylic acids is 1. The van der Waals surface area contributed by atoms with Gasteiger partial charge in [0, 0.05) is 51.2 Å².